The number of aromatic nitrogens is 1. The summed E-state index contributed by atoms with van der Waals surface area (Å²) in [5, 5.41) is 2.65. The van der Waals surface area contributed by atoms with Crippen LogP contribution in [0, 0.1) is 13.8 Å². The van der Waals surface area contributed by atoms with Crippen LogP contribution in [-0.2, 0) is 9.84 Å². The van der Waals surface area contributed by atoms with Crippen LogP contribution in [0.1, 0.15) is 21.5 Å². The van der Waals surface area contributed by atoms with E-state index in [0.29, 0.717) is 5.69 Å². The van der Waals surface area contributed by atoms with Crippen LogP contribution in [0.3, 0.4) is 0 Å². The van der Waals surface area contributed by atoms with Gasteiger partial charge in [-0.3, -0.25) is 4.79 Å². The highest BCUT2D eigenvalue weighted by Crippen LogP contribution is 2.22. The standard InChI is InChI=1S/C20H18N2O3S/c1-14-8-10-18(12-15(14)2)26(24,25)19-11-9-16(13-21-19)20(23)22-17-6-4-3-5-7-17/h3-13H,1-2H3,(H,22,23). The highest BCUT2D eigenvalue weighted by Gasteiger charge is 2.20. The number of benzene rings is 2. The maximum Gasteiger partial charge on any atom is 0.257 e. The zero-order valence-corrected chi connectivity index (χ0v) is 15.2. The van der Waals surface area contributed by atoms with Gasteiger partial charge in [-0.2, -0.15) is 0 Å². The first-order chi connectivity index (χ1) is 12.4. The van der Waals surface area contributed by atoms with Crippen LogP contribution in [0.15, 0.2) is 76.8 Å². The van der Waals surface area contributed by atoms with Crippen LogP contribution in [0.5, 0.6) is 0 Å². The van der Waals surface area contributed by atoms with Gasteiger partial charge in [0.05, 0.1) is 10.5 Å². The first-order valence-electron chi connectivity index (χ1n) is 8.03. The van der Waals surface area contributed by atoms with Gasteiger partial charge in [-0.05, 0) is 61.4 Å². The van der Waals surface area contributed by atoms with Crippen LogP contribution >= 0.6 is 0 Å². The first-order valence-corrected chi connectivity index (χ1v) is 9.51. The fourth-order valence-corrected chi connectivity index (χ4v) is 3.66. The topological polar surface area (TPSA) is 76.1 Å². The molecule has 0 radical (unpaired) electrons. The average Bonchev–Trinajstić information content (AvgIpc) is 2.65. The molecule has 1 N–H and O–H groups in total. The predicted octanol–water partition coefficient (Wildman–Crippen LogP) is 3.78. The molecule has 0 bridgehead atoms. The lowest BCUT2D eigenvalue weighted by molar-refractivity contribution is 0.102. The maximum absolute atomic E-state index is 12.7. The minimum absolute atomic E-state index is 0.0861. The Labute approximate surface area is 152 Å². The quantitative estimate of drug-likeness (QED) is 0.762. The van der Waals surface area contributed by atoms with Crippen molar-refractivity contribution in [1.29, 1.82) is 0 Å². The van der Waals surface area contributed by atoms with Crippen molar-refractivity contribution in [2.75, 3.05) is 5.32 Å². The lowest BCUT2D eigenvalue weighted by Crippen LogP contribution is -2.13. The molecule has 5 nitrogen and oxygen atoms in total. The Morgan fingerprint density at radius 3 is 2.27 bits per heavy atom. The van der Waals surface area contributed by atoms with Gasteiger partial charge in [-0.15, -0.1) is 0 Å². The van der Waals surface area contributed by atoms with Gasteiger partial charge in [0.1, 0.15) is 0 Å². The van der Waals surface area contributed by atoms with Gasteiger partial charge >= 0.3 is 0 Å². The molecule has 0 aliphatic carbocycles. The van der Waals surface area contributed by atoms with E-state index in [1.54, 1.807) is 30.3 Å². The molecule has 2 aromatic carbocycles. The SMILES string of the molecule is Cc1ccc(S(=O)(=O)c2ccc(C(=O)Nc3ccccc3)cn2)cc1C. The molecule has 0 aliphatic rings. The number of nitrogens with zero attached hydrogens (tertiary/aromatic N) is 1. The van der Waals surface area contributed by atoms with Crippen molar-refractivity contribution < 1.29 is 13.2 Å². The number of carbonyl (C=O) groups is 1. The summed E-state index contributed by atoms with van der Waals surface area (Å²) in [5.41, 5.74) is 2.85. The Bertz CT molecular complexity index is 1040. The molecular weight excluding hydrogens is 348 g/mol. The Morgan fingerprint density at radius 2 is 1.65 bits per heavy atom. The summed E-state index contributed by atoms with van der Waals surface area (Å²) in [5.74, 6) is -0.348. The van der Waals surface area contributed by atoms with Crippen molar-refractivity contribution in [3.8, 4) is 0 Å². The molecule has 0 fully saturated rings. The summed E-state index contributed by atoms with van der Waals surface area (Å²) in [4.78, 5) is 16.4. The fraction of sp³-hybridized carbons (Fsp3) is 0.100. The van der Waals surface area contributed by atoms with Gasteiger partial charge in [0.25, 0.3) is 5.91 Å². The summed E-state index contributed by atoms with van der Waals surface area (Å²) in [6.45, 7) is 3.78. The van der Waals surface area contributed by atoms with Crippen molar-refractivity contribution in [3.05, 3.63) is 83.6 Å². The number of para-hydroxylation sites is 1. The number of nitrogens with one attached hydrogen (secondary N) is 1. The van der Waals surface area contributed by atoms with E-state index in [9.17, 15) is 13.2 Å². The van der Waals surface area contributed by atoms with Crippen LogP contribution < -0.4 is 5.32 Å². The number of sulfone groups is 1. The second-order valence-electron chi connectivity index (χ2n) is 5.95. The highest BCUT2D eigenvalue weighted by molar-refractivity contribution is 7.91. The summed E-state index contributed by atoms with van der Waals surface area (Å²) in [6, 6.07) is 16.8. The molecule has 3 aromatic rings. The minimum Gasteiger partial charge on any atom is -0.322 e. The second kappa shape index (κ2) is 7.09. The molecule has 3 rings (SSSR count). The van der Waals surface area contributed by atoms with Gasteiger partial charge < -0.3 is 5.32 Å². The lowest BCUT2D eigenvalue weighted by atomic mass is 10.1. The smallest absolute Gasteiger partial charge is 0.257 e. The molecule has 6 heteroatoms. The number of anilines is 1. The zero-order chi connectivity index (χ0) is 18.7. The van der Waals surface area contributed by atoms with Crippen LogP contribution in [0.2, 0.25) is 0 Å². The second-order valence-corrected chi connectivity index (χ2v) is 7.85. The molecule has 1 heterocycles. The number of pyridine rings is 1. The molecular formula is C20H18N2O3S. The van der Waals surface area contributed by atoms with E-state index >= 15 is 0 Å². The predicted molar refractivity (Wildman–Crippen MR) is 100 cm³/mol. The number of hydrogen-bond acceptors (Lipinski definition) is 4. The summed E-state index contributed by atoms with van der Waals surface area (Å²) < 4.78 is 25.4. The summed E-state index contributed by atoms with van der Waals surface area (Å²) in [7, 11) is -3.72. The molecule has 0 spiro atoms. The van der Waals surface area contributed by atoms with Crippen molar-refractivity contribution in [2.45, 2.75) is 23.8 Å². The number of carbonyl (C=O) groups excluding carboxylic acids is 1. The lowest BCUT2D eigenvalue weighted by Gasteiger charge is -2.08. The van der Waals surface area contributed by atoms with E-state index in [0.717, 1.165) is 11.1 Å². The Morgan fingerprint density at radius 1 is 0.923 bits per heavy atom. The summed E-state index contributed by atoms with van der Waals surface area (Å²) >= 11 is 0. The van der Waals surface area contributed by atoms with Crippen molar-refractivity contribution in [3.63, 3.8) is 0 Å². The van der Waals surface area contributed by atoms with Crippen molar-refractivity contribution in [1.82, 2.24) is 4.98 Å². The third-order valence-electron chi connectivity index (χ3n) is 4.09. The van der Waals surface area contributed by atoms with E-state index in [1.165, 1.54) is 18.3 Å². The molecule has 132 valence electrons. The molecule has 26 heavy (non-hydrogen) atoms. The van der Waals surface area contributed by atoms with E-state index in [4.69, 9.17) is 0 Å². The Balaban J connectivity index is 1.84. The fourth-order valence-electron chi connectivity index (χ4n) is 2.40. The van der Waals surface area contributed by atoms with Gasteiger partial charge in [0, 0.05) is 11.9 Å². The zero-order valence-electron chi connectivity index (χ0n) is 14.4. The number of amides is 1. The molecule has 1 amide bonds. The van der Waals surface area contributed by atoms with E-state index in [1.807, 2.05) is 32.0 Å². The molecule has 0 saturated heterocycles. The third-order valence-corrected chi connectivity index (χ3v) is 5.76. The molecule has 1 aromatic heterocycles. The highest BCUT2D eigenvalue weighted by atomic mass is 32.2. The minimum atomic E-state index is -3.72. The average molecular weight is 366 g/mol. The van der Waals surface area contributed by atoms with Gasteiger partial charge in [0.15, 0.2) is 5.03 Å². The van der Waals surface area contributed by atoms with Crippen molar-refractivity contribution >= 4 is 21.4 Å². The van der Waals surface area contributed by atoms with Crippen LogP contribution in [0.25, 0.3) is 0 Å². The normalized spacial score (nSPS) is 11.2. The van der Waals surface area contributed by atoms with E-state index in [2.05, 4.69) is 10.3 Å². The van der Waals surface area contributed by atoms with Gasteiger partial charge in [0.2, 0.25) is 9.84 Å². The first kappa shape index (κ1) is 17.8. The molecule has 0 unspecified atom stereocenters. The van der Waals surface area contributed by atoms with Crippen LogP contribution in [0.4, 0.5) is 5.69 Å². The number of rotatable bonds is 4. The largest absolute Gasteiger partial charge is 0.322 e. The van der Waals surface area contributed by atoms with E-state index < -0.39 is 9.84 Å². The van der Waals surface area contributed by atoms with Crippen LogP contribution in [-0.4, -0.2) is 19.3 Å². The third kappa shape index (κ3) is 3.65. The van der Waals surface area contributed by atoms with Crippen molar-refractivity contribution in [2.24, 2.45) is 0 Å². The van der Waals surface area contributed by atoms with E-state index in [-0.39, 0.29) is 21.4 Å². The van der Waals surface area contributed by atoms with Gasteiger partial charge in [-0.1, -0.05) is 24.3 Å². The monoisotopic (exact) mass is 366 g/mol. The Hall–Kier alpha value is -2.99. The van der Waals surface area contributed by atoms with Gasteiger partial charge in [-0.25, -0.2) is 13.4 Å². The molecule has 0 aliphatic heterocycles. The molecule has 0 saturated carbocycles. The number of aryl methyl sites for hydroxylation is 2. The maximum atomic E-state index is 12.7. The molecule has 0 atom stereocenters. The Kier molecular flexibility index (Phi) is 4.86. The summed E-state index contributed by atoms with van der Waals surface area (Å²) in [6.07, 6.45) is 1.27. The number of hydrogen-bond donors (Lipinski definition) is 1.